The molecule has 0 atom stereocenters. The van der Waals surface area contributed by atoms with Crippen LogP contribution < -0.4 is 0 Å². The van der Waals surface area contributed by atoms with Gasteiger partial charge in [-0.25, -0.2) is 0 Å². The van der Waals surface area contributed by atoms with Crippen LogP contribution in [0.25, 0.3) is 6.08 Å². The first-order valence-corrected chi connectivity index (χ1v) is 5.41. The van der Waals surface area contributed by atoms with Crippen molar-refractivity contribution in [3.05, 3.63) is 59.7 Å². The third kappa shape index (κ3) is 4.98. The first-order chi connectivity index (χ1) is 8.09. The number of phenols is 1. The van der Waals surface area contributed by atoms with E-state index in [2.05, 4.69) is 0 Å². The standard InChI is InChI=1S/C15H16O2/c1-12-9-10-15(17)11-14(12)8-6-4-3-5-7-13(2)16/h3-11,17H,1-2H3/b4-3+,7-5+,8-6+. The highest BCUT2D eigenvalue weighted by Crippen LogP contribution is 2.16. The Labute approximate surface area is 102 Å². The fourth-order valence-corrected chi connectivity index (χ4v) is 1.29. The van der Waals surface area contributed by atoms with Gasteiger partial charge in [-0.15, -0.1) is 0 Å². The molecule has 0 amide bonds. The zero-order valence-electron chi connectivity index (χ0n) is 10.1. The second-order valence-electron chi connectivity index (χ2n) is 3.75. The Balaban J connectivity index is 2.65. The average molecular weight is 228 g/mol. The van der Waals surface area contributed by atoms with E-state index < -0.39 is 0 Å². The Bertz CT molecular complexity index is 480. The lowest BCUT2D eigenvalue weighted by Gasteiger charge is -1.99. The predicted molar refractivity (Wildman–Crippen MR) is 70.8 cm³/mol. The molecule has 1 rings (SSSR count). The number of rotatable bonds is 4. The third-order valence-corrected chi connectivity index (χ3v) is 2.20. The van der Waals surface area contributed by atoms with Gasteiger partial charge in [-0.3, -0.25) is 4.79 Å². The average Bonchev–Trinajstić information content (AvgIpc) is 2.27. The minimum atomic E-state index is 0.0301. The van der Waals surface area contributed by atoms with Crippen LogP contribution in [0.3, 0.4) is 0 Å². The number of phenolic OH excluding ortho intramolecular Hbond substituents is 1. The van der Waals surface area contributed by atoms with E-state index in [9.17, 15) is 9.90 Å². The van der Waals surface area contributed by atoms with Crippen LogP contribution in [-0.2, 0) is 4.79 Å². The Morgan fingerprint density at radius 3 is 2.59 bits per heavy atom. The fourth-order valence-electron chi connectivity index (χ4n) is 1.29. The maximum absolute atomic E-state index is 10.6. The largest absolute Gasteiger partial charge is 0.508 e. The Kier molecular flexibility index (Phi) is 4.95. The minimum absolute atomic E-state index is 0.0301. The smallest absolute Gasteiger partial charge is 0.152 e. The van der Waals surface area contributed by atoms with Crippen molar-refractivity contribution in [3.8, 4) is 5.75 Å². The van der Waals surface area contributed by atoms with Gasteiger partial charge in [0, 0.05) is 0 Å². The van der Waals surface area contributed by atoms with Gasteiger partial charge in [0.05, 0.1) is 0 Å². The summed E-state index contributed by atoms with van der Waals surface area (Å²) in [5, 5.41) is 9.34. The number of carbonyl (C=O) groups is 1. The first kappa shape index (κ1) is 13.0. The van der Waals surface area contributed by atoms with Crippen molar-refractivity contribution in [2.45, 2.75) is 13.8 Å². The van der Waals surface area contributed by atoms with Crippen molar-refractivity contribution in [2.24, 2.45) is 0 Å². The summed E-state index contributed by atoms with van der Waals surface area (Å²) >= 11 is 0. The Morgan fingerprint density at radius 1 is 1.18 bits per heavy atom. The molecule has 0 radical (unpaired) electrons. The summed E-state index contributed by atoms with van der Waals surface area (Å²) in [5.74, 6) is 0.290. The van der Waals surface area contributed by atoms with Crippen LogP contribution >= 0.6 is 0 Å². The van der Waals surface area contributed by atoms with Crippen LogP contribution in [-0.4, -0.2) is 10.9 Å². The number of aryl methyl sites for hydroxylation is 1. The van der Waals surface area contributed by atoms with Crippen LogP contribution in [0.5, 0.6) is 5.75 Å². The van der Waals surface area contributed by atoms with Crippen molar-refractivity contribution in [2.75, 3.05) is 0 Å². The van der Waals surface area contributed by atoms with E-state index in [0.717, 1.165) is 11.1 Å². The molecule has 0 saturated carbocycles. The summed E-state index contributed by atoms with van der Waals surface area (Å²) in [7, 11) is 0. The highest BCUT2D eigenvalue weighted by atomic mass is 16.3. The molecule has 0 aromatic heterocycles. The van der Waals surface area contributed by atoms with Crippen LogP contribution in [0.2, 0.25) is 0 Å². The fraction of sp³-hybridized carbons (Fsp3) is 0.133. The van der Waals surface area contributed by atoms with Gasteiger partial charge in [-0.2, -0.15) is 0 Å². The molecule has 0 spiro atoms. The van der Waals surface area contributed by atoms with Crippen LogP contribution in [0.15, 0.2) is 48.6 Å². The number of aromatic hydroxyl groups is 1. The lowest BCUT2D eigenvalue weighted by atomic mass is 10.1. The maximum Gasteiger partial charge on any atom is 0.152 e. The predicted octanol–water partition coefficient (Wildman–Crippen LogP) is 3.42. The van der Waals surface area contributed by atoms with Gasteiger partial charge in [0.2, 0.25) is 0 Å². The van der Waals surface area contributed by atoms with Gasteiger partial charge in [-0.05, 0) is 43.2 Å². The van der Waals surface area contributed by atoms with Crippen LogP contribution in [0, 0.1) is 6.92 Å². The number of carbonyl (C=O) groups excluding carboxylic acids is 1. The number of ketones is 1. The monoisotopic (exact) mass is 228 g/mol. The van der Waals surface area contributed by atoms with E-state index in [1.165, 1.54) is 13.0 Å². The topological polar surface area (TPSA) is 37.3 Å². The molecule has 0 saturated heterocycles. The van der Waals surface area contributed by atoms with E-state index in [1.54, 1.807) is 24.3 Å². The van der Waals surface area contributed by atoms with Crippen molar-refractivity contribution >= 4 is 11.9 Å². The number of hydrogen-bond acceptors (Lipinski definition) is 2. The number of allylic oxidation sites excluding steroid dienone is 5. The zero-order valence-corrected chi connectivity index (χ0v) is 10.1. The summed E-state index contributed by atoms with van der Waals surface area (Å²) < 4.78 is 0. The van der Waals surface area contributed by atoms with Crippen molar-refractivity contribution in [1.29, 1.82) is 0 Å². The summed E-state index contributed by atoms with van der Waals surface area (Å²) in [6.45, 7) is 3.49. The van der Waals surface area contributed by atoms with Crippen LogP contribution in [0.4, 0.5) is 0 Å². The number of benzene rings is 1. The normalized spacial score (nSPS) is 11.9. The Morgan fingerprint density at radius 2 is 1.88 bits per heavy atom. The molecule has 0 unspecified atom stereocenters. The highest BCUT2D eigenvalue weighted by Gasteiger charge is 1.94. The molecule has 1 aromatic rings. The molecule has 0 aliphatic heterocycles. The van der Waals surface area contributed by atoms with Gasteiger partial charge in [0.15, 0.2) is 5.78 Å². The quantitative estimate of drug-likeness (QED) is 0.633. The molecule has 1 N–H and O–H groups in total. The van der Waals surface area contributed by atoms with Gasteiger partial charge in [-0.1, -0.05) is 36.4 Å². The van der Waals surface area contributed by atoms with Crippen molar-refractivity contribution < 1.29 is 9.90 Å². The molecular weight excluding hydrogens is 212 g/mol. The van der Waals surface area contributed by atoms with E-state index in [-0.39, 0.29) is 11.5 Å². The lowest BCUT2D eigenvalue weighted by Crippen LogP contribution is -1.78. The molecule has 0 heterocycles. The summed E-state index contributed by atoms with van der Waals surface area (Å²) in [5.41, 5.74) is 2.08. The van der Waals surface area contributed by atoms with Crippen molar-refractivity contribution in [1.82, 2.24) is 0 Å². The second kappa shape index (κ2) is 6.48. The zero-order chi connectivity index (χ0) is 12.7. The van der Waals surface area contributed by atoms with Gasteiger partial charge >= 0.3 is 0 Å². The molecular formula is C15H16O2. The molecule has 0 fully saturated rings. The Hall–Kier alpha value is -2.09. The molecule has 1 aromatic carbocycles. The molecule has 2 heteroatoms. The van der Waals surface area contributed by atoms with E-state index in [4.69, 9.17) is 0 Å². The summed E-state index contributed by atoms with van der Waals surface area (Å²) in [6, 6.07) is 5.25. The van der Waals surface area contributed by atoms with E-state index in [1.807, 2.05) is 31.2 Å². The minimum Gasteiger partial charge on any atom is -0.508 e. The highest BCUT2D eigenvalue weighted by molar-refractivity contribution is 5.87. The lowest BCUT2D eigenvalue weighted by molar-refractivity contribution is -0.112. The molecule has 2 nitrogen and oxygen atoms in total. The molecule has 17 heavy (non-hydrogen) atoms. The molecule has 0 bridgehead atoms. The first-order valence-electron chi connectivity index (χ1n) is 5.41. The second-order valence-corrected chi connectivity index (χ2v) is 3.75. The molecule has 0 aliphatic rings. The van der Waals surface area contributed by atoms with Gasteiger partial charge < -0.3 is 5.11 Å². The maximum atomic E-state index is 10.6. The third-order valence-electron chi connectivity index (χ3n) is 2.20. The van der Waals surface area contributed by atoms with Crippen molar-refractivity contribution in [3.63, 3.8) is 0 Å². The summed E-state index contributed by atoms with van der Waals surface area (Å²) in [6.07, 6.45) is 10.6. The summed E-state index contributed by atoms with van der Waals surface area (Å²) in [4.78, 5) is 10.6. The van der Waals surface area contributed by atoms with Crippen LogP contribution in [0.1, 0.15) is 18.1 Å². The van der Waals surface area contributed by atoms with Gasteiger partial charge in [0.1, 0.15) is 5.75 Å². The van der Waals surface area contributed by atoms with Gasteiger partial charge in [0.25, 0.3) is 0 Å². The molecule has 88 valence electrons. The van der Waals surface area contributed by atoms with E-state index >= 15 is 0 Å². The SMILES string of the molecule is CC(=O)/C=C/C=C/C=C/c1cc(O)ccc1C. The number of hydrogen-bond donors (Lipinski definition) is 1. The molecule has 0 aliphatic carbocycles. The van der Waals surface area contributed by atoms with E-state index in [0.29, 0.717) is 0 Å².